The molecule has 0 aliphatic carbocycles. The van der Waals surface area contributed by atoms with Gasteiger partial charge in [0.05, 0.1) is 0 Å². The molecule has 1 unspecified atom stereocenters. The van der Waals surface area contributed by atoms with Crippen LogP contribution in [0.2, 0.25) is 0 Å². The topological polar surface area (TPSA) is 41.1 Å². The van der Waals surface area contributed by atoms with Crippen molar-refractivity contribution < 1.29 is 4.79 Å². The van der Waals surface area contributed by atoms with Gasteiger partial charge in [0.15, 0.2) is 0 Å². The molecule has 1 aromatic carbocycles. The lowest BCUT2D eigenvalue weighted by molar-refractivity contribution is 0.0958. The first-order valence-corrected chi connectivity index (χ1v) is 7.28. The first-order valence-electron chi connectivity index (χ1n) is 6.13. The van der Waals surface area contributed by atoms with Crippen LogP contribution in [0, 0.1) is 0 Å². The summed E-state index contributed by atoms with van der Waals surface area (Å²) < 4.78 is 0. The Morgan fingerprint density at radius 1 is 1.44 bits per heavy atom. The van der Waals surface area contributed by atoms with Gasteiger partial charge in [-0.2, -0.15) is 11.8 Å². The maximum absolute atomic E-state index is 11.7. The third-order valence-corrected chi connectivity index (χ3v) is 4.02. The highest BCUT2D eigenvalue weighted by atomic mass is 32.2. The van der Waals surface area contributed by atoms with Crippen molar-refractivity contribution in [1.29, 1.82) is 0 Å². The Balaban J connectivity index is 1.91. The maximum atomic E-state index is 11.7. The second kappa shape index (κ2) is 6.50. The molecule has 2 N–H and O–H groups in total. The molecule has 0 saturated carbocycles. The van der Waals surface area contributed by atoms with E-state index in [2.05, 4.69) is 17.2 Å². The van der Waals surface area contributed by atoms with Gasteiger partial charge in [0.25, 0.3) is 5.91 Å². The maximum Gasteiger partial charge on any atom is 0.251 e. The monoisotopic (exact) mass is 262 g/mol. The summed E-state index contributed by atoms with van der Waals surface area (Å²) >= 11 is 1.98. The van der Waals surface area contributed by atoms with Crippen LogP contribution in [0.1, 0.15) is 16.8 Å². The molecule has 0 aromatic heterocycles. The summed E-state index contributed by atoms with van der Waals surface area (Å²) in [4.78, 5) is 11.7. The largest absolute Gasteiger partial charge is 0.381 e. The zero-order valence-corrected chi connectivity index (χ0v) is 11.1. The molecule has 0 spiro atoms. The fourth-order valence-electron chi connectivity index (χ4n) is 1.87. The molecule has 4 heteroatoms. The minimum absolute atomic E-state index is 0.0575. The number of hydrogen-bond acceptors (Lipinski definition) is 3. The summed E-state index contributed by atoms with van der Waals surface area (Å²) in [5.41, 5.74) is 1.77. The zero-order valence-electron chi connectivity index (χ0n) is 10.3. The van der Waals surface area contributed by atoms with Crippen molar-refractivity contribution in [3.8, 4) is 0 Å². The normalized spacial score (nSPS) is 18.3. The quantitative estimate of drug-likeness (QED) is 0.801. The van der Waals surface area contributed by atoms with Crippen LogP contribution in [0.15, 0.2) is 36.9 Å². The number of hydrogen-bond donors (Lipinski definition) is 2. The van der Waals surface area contributed by atoms with E-state index in [1.165, 1.54) is 17.9 Å². The van der Waals surface area contributed by atoms with Crippen molar-refractivity contribution in [1.82, 2.24) is 5.32 Å². The highest BCUT2D eigenvalue weighted by molar-refractivity contribution is 7.99. The van der Waals surface area contributed by atoms with Crippen molar-refractivity contribution in [3.05, 3.63) is 42.5 Å². The van der Waals surface area contributed by atoms with Gasteiger partial charge in [0.1, 0.15) is 0 Å². The fourth-order valence-corrected chi connectivity index (χ4v) is 3.02. The number of benzene rings is 1. The fraction of sp³-hybridized carbons (Fsp3) is 0.357. The van der Waals surface area contributed by atoms with Crippen LogP contribution in [0.3, 0.4) is 0 Å². The van der Waals surface area contributed by atoms with E-state index in [1.54, 1.807) is 6.08 Å². The van der Waals surface area contributed by atoms with Crippen LogP contribution in [0.4, 0.5) is 5.69 Å². The molecule has 1 heterocycles. The second-order valence-corrected chi connectivity index (χ2v) is 5.43. The van der Waals surface area contributed by atoms with Gasteiger partial charge in [-0.25, -0.2) is 0 Å². The molecule has 1 saturated heterocycles. The molecule has 1 atom stereocenters. The van der Waals surface area contributed by atoms with E-state index in [-0.39, 0.29) is 5.91 Å². The van der Waals surface area contributed by atoms with Gasteiger partial charge in [0.2, 0.25) is 0 Å². The highest BCUT2D eigenvalue weighted by Crippen LogP contribution is 2.21. The van der Waals surface area contributed by atoms with Crippen LogP contribution in [-0.4, -0.2) is 30.0 Å². The Morgan fingerprint density at radius 2 is 2.22 bits per heavy atom. The summed E-state index contributed by atoms with van der Waals surface area (Å²) in [6, 6.07) is 8.19. The number of rotatable bonds is 5. The second-order valence-electron chi connectivity index (χ2n) is 4.28. The summed E-state index contributed by atoms with van der Waals surface area (Å²) in [6.45, 7) is 4.07. The van der Waals surface area contributed by atoms with E-state index in [0.29, 0.717) is 18.2 Å². The van der Waals surface area contributed by atoms with Crippen LogP contribution in [-0.2, 0) is 0 Å². The molecule has 2 rings (SSSR count). The molecule has 1 aromatic rings. The molecule has 96 valence electrons. The minimum Gasteiger partial charge on any atom is -0.381 e. The van der Waals surface area contributed by atoms with Crippen molar-refractivity contribution in [2.24, 2.45) is 0 Å². The lowest BCUT2D eigenvalue weighted by Crippen LogP contribution is -2.23. The number of anilines is 1. The number of carbonyl (C=O) groups excluding carboxylic acids is 1. The predicted octanol–water partition coefficient (Wildman–Crippen LogP) is 2.52. The van der Waals surface area contributed by atoms with Gasteiger partial charge in [-0.3, -0.25) is 4.79 Å². The van der Waals surface area contributed by atoms with E-state index in [1.807, 2.05) is 36.0 Å². The number of thioether (sulfide) groups is 1. The summed E-state index contributed by atoms with van der Waals surface area (Å²) in [6.07, 6.45) is 2.89. The van der Waals surface area contributed by atoms with Crippen LogP contribution in [0.5, 0.6) is 0 Å². The van der Waals surface area contributed by atoms with Gasteiger partial charge in [-0.1, -0.05) is 6.08 Å². The summed E-state index contributed by atoms with van der Waals surface area (Å²) in [5, 5.41) is 6.24. The molecule has 1 aliphatic rings. The van der Waals surface area contributed by atoms with Gasteiger partial charge < -0.3 is 10.6 Å². The predicted molar refractivity (Wildman–Crippen MR) is 78.3 cm³/mol. The molecular weight excluding hydrogens is 244 g/mol. The standard InChI is InChI=1S/C14H18N2OS/c1-2-8-15-14(17)11-3-5-12(6-4-11)16-13-7-9-18-10-13/h2-6,13,16H,1,7-10H2,(H,15,17). The molecule has 18 heavy (non-hydrogen) atoms. The molecule has 1 fully saturated rings. The summed E-state index contributed by atoms with van der Waals surface area (Å²) in [5.74, 6) is 2.35. The van der Waals surface area contributed by atoms with E-state index >= 15 is 0 Å². The smallest absolute Gasteiger partial charge is 0.251 e. The number of carbonyl (C=O) groups is 1. The van der Waals surface area contributed by atoms with Gasteiger partial charge in [0, 0.05) is 29.6 Å². The molecule has 0 radical (unpaired) electrons. The van der Waals surface area contributed by atoms with E-state index in [4.69, 9.17) is 0 Å². The Bertz CT molecular complexity index is 410. The summed E-state index contributed by atoms with van der Waals surface area (Å²) in [7, 11) is 0. The van der Waals surface area contributed by atoms with Gasteiger partial charge in [-0.05, 0) is 36.4 Å². The van der Waals surface area contributed by atoms with Crippen molar-refractivity contribution in [2.45, 2.75) is 12.5 Å². The lowest BCUT2D eigenvalue weighted by Gasteiger charge is -2.13. The Morgan fingerprint density at radius 3 is 2.83 bits per heavy atom. The third-order valence-electron chi connectivity index (χ3n) is 2.85. The average molecular weight is 262 g/mol. The molecule has 3 nitrogen and oxygen atoms in total. The highest BCUT2D eigenvalue weighted by Gasteiger charge is 2.14. The van der Waals surface area contributed by atoms with Crippen LogP contribution >= 0.6 is 11.8 Å². The molecule has 0 bridgehead atoms. The van der Waals surface area contributed by atoms with E-state index in [0.717, 1.165) is 5.69 Å². The Hall–Kier alpha value is -1.42. The SMILES string of the molecule is C=CCNC(=O)c1ccc(NC2CCSC2)cc1. The Kier molecular flexibility index (Phi) is 4.70. The molecule has 1 aliphatic heterocycles. The van der Waals surface area contributed by atoms with Gasteiger partial charge >= 0.3 is 0 Å². The number of nitrogens with one attached hydrogen (secondary N) is 2. The Labute approximate surface area is 112 Å². The van der Waals surface area contributed by atoms with Crippen molar-refractivity contribution >= 4 is 23.4 Å². The third kappa shape index (κ3) is 3.53. The van der Waals surface area contributed by atoms with Crippen molar-refractivity contribution in [3.63, 3.8) is 0 Å². The van der Waals surface area contributed by atoms with Crippen molar-refractivity contribution in [2.75, 3.05) is 23.4 Å². The lowest BCUT2D eigenvalue weighted by atomic mass is 10.1. The first-order chi connectivity index (χ1) is 8.79. The first kappa shape index (κ1) is 13.0. The van der Waals surface area contributed by atoms with Gasteiger partial charge in [-0.15, -0.1) is 6.58 Å². The zero-order chi connectivity index (χ0) is 12.8. The van der Waals surface area contributed by atoms with Crippen LogP contribution < -0.4 is 10.6 Å². The van der Waals surface area contributed by atoms with E-state index in [9.17, 15) is 4.79 Å². The molecule has 1 amide bonds. The molecular formula is C14H18N2OS. The van der Waals surface area contributed by atoms with Crippen LogP contribution in [0.25, 0.3) is 0 Å². The van der Waals surface area contributed by atoms with E-state index < -0.39 is 0 Å². The minimum atomic E-state index is -0.0575. The number of amides is 1. The average Bonchev–Trinajstić information content (AvgIpc) is 2.89.